The summed E-state index contributed by atoms with van der Waals surface area (Å²) in [5.41, 5.74) is 0.269. The van der Waals surface area contributed by atoms with Gasteiger partial charge >= 0.3 is 0 Å². The molecule has 1 amide bonds. The van der Waals surface area contributed by atoms with E-state index in [1.54, 1.807) is 61.5 Å². The van der Waals surface area contributed by atoms with Crippen LogP contribution in [0.4, 0.5) is 22.7 Å². The molecule has 1 atom stereocenters. The number of nitrogens with zero attached hydrogens (tertiary/aromatic N) is 6. The summed E-state index contributed by atoms with van der Waals surface area (Å²) < 4.78 is 70.2. The van der Waals surface area contributed by atoms with Gasteiger partial charge in [-0.15, -0.1) is 5.11 Å². The summed E-state index contributed by atoms with van der Waals surface area (Å²) in [5.74, 6) is -0.660. The number of para-hydroxylation sites is 1. The Morgan fingerprint density at radius 2 is 1.26 bits per heavy atom. The third-order valence-corrected chi connectivity index (χ3v) is 9.09. The first kappa shape index (κ1) is 39.1. The van der Waals surface area contributed by atoms with E-state index in [9.17, 15) is 35.8 Å². The Bertz CT molecular complexity index is 2430. The maximum Gasteiger partial charge on any atom is 0.295 e. The van der Waals surface area contributed by atoms with Crippen molar-refractivity contribution >= 4 is 124 Å². The van der Waals surface area contributed by atoms with Gasteiger partial charge in [0.05, 0.1) is 22.8 Å². The summed E-state index contributed by atoms with van der Waals surface area (Å²) in [6.45, 7) is 1.59. The molecule has 2 radical (unpaired) electrons. The number of hydrazone groups is 1. The van der Waals surface area contributed by atoms with Crippen molar-refractivity contribution in [2.24, 2.45) is 25.6 Å². The van der Waals surface area contributed by atoms with E-state index in [-0.39, 0.29) is 93.1 Å². The second-order valence-electron chi connectivity index (χ2n) is 10.5. The molecule has 50 heavy (non-hydrogen) atoms. The molecule has 0 aliphatic carbocycles. The van der Waals surface area contributed by atoms with Crippen molar-refractivity contribution in [3.63, 3.8) is 0 Å². The summed E-state index contributed by atoms with van der Waals surface area (Å²) >= 11 is 0. The Labute approximate surface area is 330 Å². The Kier molecular flexibility index (Phi) is 12.3. The van der Waals surface area contributed by atoms with Gasteiger partial charge in [0.15, 0.2) is 6.04 Å². The van der Waals surface area contributed by atoms with Crippen LogP contribution in [0.3, 0.4) is 0 Å². The van der Waals surface area contributed by atoms with Crippen molar-refractivity contribution in [2.45, 2.75) is 22.8 Å². The van der Waals surface area contributed by atoms with Crippen LogP contribution in [0.5, 0.6) is 5.75 Å². The van der Waals surface area contributed by atoms with Crippen molar-refractivity contribution < 1.29 is 35.8 Å². The van der Waals surface area contributed by atoms with Gasteiger partial charge in [0.1, 0.15) is 21.2 Å². The molecule has 0 saturated carbocycles. The number of phenols is 1. The molecule has 1 heterocycles. The molecule has 3 N–H and O–H groups in total. The predicted octanol–water partition coefficient (Wildman–Crippen LogP) is 6.23. The fraction of sp³-hybridized carbons (Fsp3) is 0.0625. The number of hydrogen-bond acceptors (Lipinski definition) is 11. The standard InChI is InChI=1S/C32H24N6O8S2.2Na/c1-19-30(32(40)38(37-19)23-8-3-2-4-9-23)35-33-21-12-14-25(28(17-21)47(41,42)43)26-15-13-22(18-29(26)48(44,45)46)34-36-31-24-10-6-5-7-20(24)11-16-27(31)39;;/h2-18,30,39H,1H3,(H,41,42,43)(H,44,45,46);;. The molecule has 5 aromatic rings. The van der Waals surface area contributed by atoms with E-state index >= 15 is 0 Å². The maximum atomic E-state index is 13.0. The Morgan fingerprint density at radius 3 is 1.86 bits per heavy atom. The van der Waals surface area contributed by atoms with E-state index in [0.29, 0.717) is 16.8 Å². The van der Waals surface area contributed by atoms with Gasteiger partial charge in [0, 0.05) is 75.6 Å². The quantitative estimate of drug-likeness (QED) is 0.0943. The van der Waals surface area contributed by atoms with Crippen molar-refractivity contribution in [1.29, 1.82) is 0 Å². The molecule has 0 spiro atoms. The minimum Gasteiger partial charge on any atom is -0.506 e. The number of anilines is 1. The fourth-order valence-corrected chi connectivity index (χ4v) is 6.49. The third-order valence-electron chi connectivity index (χ3n) is 7.31. The van der Waals surface area contributed by atoms with Crippen LogP contribution in [0.2, 0.25) is 0 Å². The van der Waals surface area contributed by atoms with E-state index in [1.165, 1.54) is 35.3 Å². The van der Waals surface area contributed by atoms with Gasteiger partial charge in [-0.1, -0.05) is 60.7 Å². The van der Waals surface area contributed by atoms with E-state index in [0.717, 1.165) is 17.5 Å². The zero-order valence-electron chi connectivity index (χ0n) is 26.8. The number of aromatic hydroxyl groups is 1. The first-order chi connectivity index (χ1) is 22.8. The van der Waals surface area contributed by atoms with E-state index in [2.05, 4.69) is 25.6 Å². The van der Waals surface area contributed by atoms with E-state index < -0.39 is 42.0 Å². The smallest absolute Gasteiger partial charge is 0.295 e. The van der Waals surface area contributed by atoms with Crippen LogP contribution in [0, 0.1) is 0 Å². The maximum absolute atomic E-state index is 13.0. The number of amides is 1. The van der Waals surface area contributed by atoms with Crippen molar-refractivity contribution in [3.8, 4) is 16.9 Å². The Hall–Kier alpha value is -3.68. The van der Waals surface area contributed by atoms with Gasteiger partial charge in [0.2, 0.25) is 0 Å². The van der Waals surface area contributed by atoms with Crippen LogP contribution < -0.4 is 5.01 Å². The van der Waals surface area contributed by atoms with Crippen LogP contribution in [0.15, 0.2) is 138 Å². The average Bonchev–Trinajstić information content (AvgIpc) is 3.35. The van der Waals surface area contributed by atoms with Gasteiger partial charge in [0.25, 0.3) is 26.1 Å². The van der Waals surface area contributed by atoms with Crippen molar-refractivity contribution in [3.05, 3.63) is 103 Å². The molecule has 14 nitrogen and oxygen atoms in total. The van der Waals surface area contributed by atoms with Gasteiger partial charge in [-0.05, 0) is 54.8 Å². The second-order valence-corrected chi connectivity index (χ2v) is 13.3. The number of rotatable bonds is 8. The van der Waals surface area contributed by atoms with Gasteiger partial charge < -0.3 is 5.11 Å². The van der Waals surface area contributed by atoms with Gasteiger partial charge in [-0.25, -0.2) is 0 Å². The molecule has 0 bridgehead atoms. The normalized spacial score (nSPS) is 14.9. The number of hydrogen-bond donors (Lipinski definition) is 3. The SMILES string of the molecule is CC1=NN(c2ccccc2)C(=O)C1N=Nc1ccc(-c2ccc(N=Nc3c(O)ccc4ccccc34)cc2S(=O)(=O)O)c(S(=O)(=O)O)c1.[Na].[Na]. The monoisotopic (exact) mass is 730 g/mol. The van der Waals surface area contributed by atoms with Crippen molar-refractivity contribution in [1.82, 2.24) is 0 Å². The summed E-state index contributed by atoms with van der Waals surface area (Å²) in [6, 6.07) is 24.6. The molecular formula is C32H24N6Na2O8S2. The zero-order chi connectivity index (χ0) is 34.2. The first-order valence-electron chi connectivity index (χ1n) is 14.0. The molecule has 1 unspecified atom stereocenters. The van der Waals surface area contributed by atoms with E-state index in [4.69, 9.17) is 0 Å². The zero-order valence-corrected chi connectivity index (χ0v) is 32.4. The minimum absolute atomic E-state index is 0. The fourth-order valence-electron chi connectivity index (χ4n) is 5.04. The predicted molar refractivity (Wildman–Crippen MR) is 188 cm³/mol. The molecule has 0 aromatic heterocycles. The molecule has 244 valence electrons. The molecule has 0 fully saturated rings. The molecule has 5 aromatic carbocycles. The molecule has 6 rings (SSSR count). The van der Waals surface area contributed by atoms with Gasteiger partial charge in [-0.3, -0.25) is 13.9 Å². The molecule has 0 saturated heterocycles. The van der Waals surface area contributed by atoms with Crippen LogP contribution in [0.1, 0.15) is 6.92 Å². The number of carbonyl (C=O) groups is 1. The van der Waals surface area contributed by atoms with E-state index in [1.807, 2.05) is 6.07 Å². The molecule has 1 aliphatic heterocycles. The topological polar surface area (TPSA) is 211 Å². The second kappa shape index (κ2) is 15.7. The van der Waals surface area contributed by atoms with Crippen LogP contribution in [-0.2, 0) is 25.0 Å². The largest absolute Gasteiger partial charge is 0.506 e. The summed E-state index contributed by atoms with van der Waals surface area (Å²) in [6.07, 6.45) is 0. The Balaban J connectivity index is 0.00000281. The van der Waals surface area contributed by atoms with Gasteiger partial charge in [-0.2, -0.15) is 42.3 Å². The number of benzene rings is 5. The number of azo groups is 2. The average molecular weight is 731 g/mol. The number of carbonyl (C=O) groups excluding carboxylic acids is 1. The molecule has 1 aliphatic rings. The minimum atomic E-state index is -5.00. The molecular weight excluding hydrogens is 707 g/mol. The third kappa shape index (κ3) is 8.26. The van der Waals surface area contributed by atoms with Crippen LogP contribution >= 0.6 is 0 Å². The van der Waals surface area contributed by atoms with Crippen LogP contribution in [0.25, 0.3) is 21.9 Å². The summed E-state index contributed by atoms with van der Waals surface area (Å²) in [4.78, 5) is 11.5. The summed E-state index contributed by atoms with van der Waals surface area (Å²) in [5, 5.41) is 33.3. The first-order valence-corrected chi connectivity index (χ1v) is 16.9. The van der Waals surface area contributed by atoms with Crippen LogP contribution in [-0.4, -0.2) is 108 Å². The molecule has 18 heteroatoms. The van der Waals surface area contributed by atoms with Crippen molar-refractivity contribution in [2.75, 3.05) is 5.01 Å². The number of fused-ring (bicyclic) bond motifs is 1. The Morgan fingerprint density at radius 1 is 0.700 bits per heavy atom. The summed E-state index contributed by atoms with van der Waals surface area (Å²) in [7, 11) is -9.99. The number of phenolic OH excluding ortho intramolecular Hbond substituents is 1.